The molecule has 1 atom stereocenters. The molecule has 0 aliphatic heterocycles. The molecule has 2 aromatic heterocycles. The minimum atomic E-state index is -0.534. The molecule has 4 nitrogen and oxygen atoms in total. The lowest BCUT2D eigenvalue weighted by Gasteiger charge is -2.09. The highest BCUT2D eigenvalue weighted by atomic mass is 16.3. The van der Waals surface area contributed by atoms with Gasteiger partial charge in [0.2, 0.25) is 0 Å². The fraction of sp³-hybridized carbons (Fsp3) is 0.417. The summed E-state index contributed by atoms with van der Waals surface area (Å²) in [7, 11) is 1.89. The van der Waals surface area contributed by atoms with E-state index in [0.29, 0.717) is 6.42 Å². The zero-order valence-corrected chi connectivity index (χ0v) is 9.77. The van der Waals surface area contributed by atoms with Gasteiger partial charge in [-0.05, 0) is 26.0 Å². The van der Waals surface area contributed by atoms with Crippen LogP contribution in [0.5, 0.6) is 0 Å². The standard InChI is InChI=1S/C12H16N2O2/c1-8-6-10(14(3)13-8)7-12(15)11-4-5-16-9(11)2/h4-6,12,15H,7H2,1-3H3. The van der Waals surface area contributed by atoms with E-state index in [0.717, 1.165) is 22.7 Å². The van der Waals surface area contributed by atoms with Crippen LogP contribution in [0.1, 0.15) is 28.8 Å². The molecular weight excluding hydrogens is 204 g/mol. The minimum absolute atomic E-state index is 0.534. The summed E-state index contributed by atoms with van der Waals surface area (Å²) in [5.74, 6) is 0.770. The number of hydrogen-bond donors (Lipinski definition) is 1. The molecule has 1 N–H and O–H groups in total. The van der Waals surface area contributed by atoms with Gasteiger partial charge in [-0.25, -0.2) is 0 Å². The highest BCUT2D eigenvalue weighted by Crippen LogP contribution is 2.22. The van der Waals surface area contributed by atoms with Crippen LogP contribution in [0.2, 0.25) is 0 Å². The van der Waals surface area contributed by atoms with Crippen LogP contribution in [0.4, 0.5) is 0 Å². The van der Waals surface area contributed by atoms with Crippen molar-refractivity contribution in [1.29, 1.82) is 0 Å². The first kappa shape index (κ1) is 11.0. The molecule has 0 aliphatic rings. The van der Waals surface area contributed by atoms with Gasteiger partial charge in [0.25, 0.3) is 0 Å². The highest BCUT2D eigenvalue weighted by molar-refractivity contribution is 5.21. The summed E-state index contributed by atoms with van der Waals surface area (Å²) in [6, 6.07) is 3.79. The van der Waals surface area contributed by atoms with Crippen molar-refractivity contribution in [3.63, 3.8) is 0 Å². The summed E-state index contributed by atoms with van der Waals surface area (Å²) < 4.78 is 6.98. The third-order valence-electron chi connectivity index (χ3n) is 2.76. The van der Waals surface area contributed by atoms with E-state index in [4.69, 9.17) is 4.42 Å². The second-order valence-corrected chi connectivity index (χ2v) is 4.05. The number of aliphatic hydroxyl groups excluding tert-OH is 1. The van der Waals surface area contributed by atoms with Crippen LogP contribution in [0.15, 0.2) is 22.8 Å². The number of aliphatic hydroxyl groups is 1. The van der Waals surface area contributed by atoms with Gasteiger partial charge in [-0.2, -0.15) is 5.10 Å². The quantitative estimate of drug-likeness (QED) is 0.859. The van der Waals surface area contributed by atoms with Gasteiger partial charge in [-0.15, -0.1) is 0 Å². The Morgan fingerprint density at radius 3 is 2.75 bits per heavy atom. The summed E-state index contributed by atoms with van der Waals surface area (Å²) >= 11 is 0. The maximum atomic E-state index is 10.1. The van der Waals surface area contributed by atoms with Gasteiger partial charge in [0.1, 0.15) is 5.76 Å². The minimum Gasteiger partial charge on any atom is -0.469 e. The topological polar surface area (TPSA) is 51.2 Å². The number of rotatable bonds is 3. The second-order valence-electron chi connectivity index (χ2n) is 4.05. The lowest BCUT2D eigenvalue weighted by molar-refractivity contribution is 0.174. The van der Waals surface area contributed by atoms with Gasteiger partial charge < -0.3 is 9.52 Å². The van der Waals surface area contributed by atoms with Crippen LogP contribution in [0.25, 0.3) is 0 Å². The zero-order chi connectivity index (χ0) is 11.7. The third kappa shape index (κ3) is 2.02. The van der Waals surface area contributed by atoms with Crippen molar-refractivity contribution in [2.45, 2.75) is 26.4 Å². The smallest absolute Gasteiger partial charge is 0.106 e. The van der Waals surface area contributed by atoms with Gasteiger partial charge in [0.05, 0.1) is 18.1 Å². The Kier molecular flexibility index (Phi) is 2.83. The molecule has 2 aromatic rings. The Morgan fingerprint density at radius 2 is 2.25 bits per heavy atom. The van der Waals surface area contributed by atoms with Crippen molar-refractivity contribution < 1.29 is 9.52 Å². The van der Waals surface area contributed by atoms with Crippen molar-refractivity contribution in [2.75, 3.05) is 0 Å². The van der Waals surface area contributed by atoms with E-state index in [2.05, 4.69) is 5.10 Å². The summed E-state index contributed by atoms with van der Waals surface area (Å²) in [6.45, 7) is 3.80. The Balaban J connectivity index is 2.16. The average molecular weight is 220 g/mol. The van der Waals surface area contributed by atoms with Gasteiger partial charge in [0.15, 0.2) is 0 Å². The zero-order valence-electron chi connectivity index (χ0n) is 9.77. The molecule has 0 amide bonds. The molecule has 16 heavy (non-hydrogen) atoms. The van der Waals surface area contributed by atoms with Gasteiger partial charge in [-0.3, -0.25) is 4.68 Å². The predicted molar refractivity (Wildman–Crippen MR) is 60.1 cm³/mol. The molecule has 0 aromatic carbocycles. The monoisotopic (exact) mass is 220 g/mol. The van der Waals surface area contributed by atoms with Crippen LogP contribution in [-0.4, -0.2) is 14.9 Å². The number of furan rings is 1. The first-order valence-electron chi connectivity index (χ1n) is 5.29. The summed E-state index contributed by atoms with van der Waals surface area (Å²) in [5.41, 5.74) is 2.83. The molecule has 0 fully saturated rings. The molecule has 86 valence electrons. The predicted octanol–water partition coefficient (Wildman–Crippen LogP) is 1.91. The molecule has 0 saturated carbocycles. The summed E-state index contributed by atoms with van der Waals surface area (Å²) in [4.78, 5) is 0. The number of aryl methyl sites for hydroxylation is 3. The van der Waals surface area contributed by atoms with Gasteiger partial charge in [-0.1, -0.05) is 0 Å². The molecule has 0 bridgehead atoms. The van der Waals surface area contributed by atoms with E-state index < -0.39 is 6.10 Å². The number of hydrogen-bond acceptors (Lipinski definition) is 3. The lowest BCUT2D eigenvalue weighted by atomic mass is 10.1. The molecule has 2 rings (SSSR count). The molecule has 0 radical (unpaired) electrons. The molecular formula is C12H16N2O2. The molecule has 4 heteroatoms. The maximum Gasteiger partial charge on any atom is 0.106 e. The van der Waals surface area contributed by atoms with Crippen molar-refractivity contribution in [3.05, 3.63) is 41.1 Å². The molecule has 0 spiro atoms. The van der Waals surface area contributed by atoms with E-state index in [1.54, 1.807) is 10.9 Å². The van der Waals surface area contributed by atoms with E-state index in [1.165, 1.54) is 0 Å². The first-order valence-corrected chi connectivity index (χ1v) is 5.29. The van der Waals surface area contributed by atoms with Crippen LogP contribution >= 0.6 is 0 Å². The summed E-state index contributed by atoms with van der Waals surface area (Å²) in [5, 5.41) is 14.3. The molecule has 1 unspecified atom stereocenters. The third-order valence-corrected chi connectivity index (χ3v) is 2.76. The maximum absolute atomic E-state index is 10.1. The van der Waals surface area contributed by atoms with Crippen molar-refractivity contribution >= 4 is 0 Å². The Bertz CT molecular complexity index is 485. The fourth-order valence-corrected chi connectivity index (χ4v) is 1.90. The van der Waals surface area contributed by atoms with E-state index in [-0.39, 0.29) is 0 Å². The second kappa shape index (κ2) is 4.14. The summed E-state index contributed by atoms with van der Waals surface area (Å²) in [6.07, 6.45) is 1.62. The van der Waals surface area contributed by atoms with Crippen molar-refractivity contribution in [1.82, 2.24) is 9.78 Å². The Hall–Kier alpha value is -1.55. The Labute approximate surface area is 94.5 Å². The molecule has 0 saturated heterocycles. The number of nitrogens with zero attached hydrogens (tertiary/aromatic N) is 2. The van der Waals surface area contributed by atoms with Crippen LogP contribution in [0, 0.1) is 13.8 Å². The highest BCUT2D eigenvalue weighted by Gasteiger charge is 2.15. The average Bonchev–Trinajstić information content (AvgIpc) is 2.74. The number of aromatic nitrogens is 2. The molecule has 0 aliphatic carbocycles. The normalized spacial score (nSPS) is 13.0. The largest absolute Gasteiger partial charge is 0.469 e. The fourth-order valence-electron chi connectivity index (χ4n) is 1.90. The van der Waals surface area contributed by atoms with E-state index >= 15 is 0 Å². The Morgan fingerprint density at radius 1 is 1.50 bits per heavy atom. The van der Waals surface area contributed by atoms with Crippen molar-refractivity contribution in [3.8, 4) is 0 Å². The SMILES string of the molecule is Cc1cc(CC(O)c2ccoc2C)n(C)n1. The van der Waals surface area contributed by atoms with Crippen LogP contribution in [-0.2, 0) is 13.5 Å². The first-order chi connectivity index (χ1) is 7.58. The van der Waals surface area contributed by atoms with Crippen LogP contribution < -0.4 is 0 Å². The van der Waals surface area contributed by atoms with Crippen molar-refractivity contribution in [2.24, 2.45) is 7.05 Å². The lowest BCUT2D eigenvalue weighted by Crippen LogP contribution is -2.06. The van der Waals surface area contributed by atoms with E-state index in [1.807, 2.05) is 33.0 Å². The van der Waals surface area contributed by atoms with Gasteiger partial charge >= 0.3 is 0 Å². The van der Waals surface area contributed by atoms with Crippen LogP contribution in [0.3, 0.4) is 0 Å². The van der Waals surface area contributed by atoms with Gasteiger partial charge in [0, 0.05) is 24.7 Å². The van der Waals surface area contributed by atoms with E-state index in [9.17, 15) is 5.11 Å². The molecule has 2 heterocycles.